The Bertz CT molecular complexity index is 1660. The van der Waals surface area contributed by atoms with E-state index in [1.165, 1.54) is 0 Å². The van der Waals surface area contributed by atoms with Gasteiger partial charge in [0.1, 0.15) is 12.0 Å². The van der Waals surface area contributed by atoms with Crippen LogP contribution in [0.25, 0.3) is 11.1 Å². The van der Waals surface area contributed by atoms with E-state index in [-0.39, 0.29) is 24.3 Å². The van der Waals surface area contributed by atoms with Crippen LogP contribution in [0.15, 0.2) is 97.1 Å². The molecular weight excluding hydrogens is 526 g/mol. The molecule has 6 rings (SSSR count). The van der Waals surface area contributed by atoms with E-state index in [1.807, 2.05) is 93.6 Å². The fourth-order valence-corrected chi connectivity index (χ4v) is 5.50. The first-order chi connectivity index (χ1) is 20.2. The maximum absolute atomic E-state index is 13.6. The van der Waals surface area contributed by atoms with Gasteiger partial charge in [-0.25, -0.2) is 4.79 Å². The van der Waals surface area contributed by atoms with Gasteiger partial charge >= 0.3 is 6.09 Å². The molecule has 0 spiro atoms. The smallest absolute Gasteiger partial charge is 0.410 e. The second-order valence-electron chi connectivity index (χ2n) is 11.7. The van der Waals surface area contributed by atoms with Gasteiger partial charge in [-0.05, 0) is 72.9 Å². The lowest BCUT2D eigenvalue weighted by Gasteiger charge is -2.26. The molecule has 0 radical (unpaired) electrons. The van der Waals surface area contributed by atoms with Crippen molar-refractivity contribution in [1.29, 1.82) is 0 Å². The van der Waals surface area contributed by atoms with E-state index in [0.717, 1.165) is 27.8 Å². The monoisotopic (exact) mass is 559 g/mol. The van der Waals surface area contributed by atoms with Gasteiger partial charge in [0, 0.05) is 18.8 Å². The molecule has 0 aromatic heterocycles. The van der Waals surface area contributed by atoms with Crippen LogP contribution in [0, 0.1) is 0 Å². The molecule has 212 valence electrons. The molecule has 2 heterocycles. The van der Waals surface area contributed by atoms with E-state index in [1.54, 1.807) is 14.7 Å². The highest BCUT2D eigenvalue weighted by Crippen LogP contribution is 2.40. The van der Waals surface area contributed by atoms with Gasteiger partial charge in [-0.1, -0.05) is 72.8 Å². The summed E-state index contributed by atoms with van der Waals surface area (Å²) in [6.07, 6.45) is -0.618. The highest BCUT2D eigenvalue weighted by molar-refractivity contribution is 6.18. The Balaban J connectivity index is 1.28. The third-order valence-electron chi connectivity index (χ3n) is 7.49. The van der Waals surface area contributed by atoms with Gasteiger partial charge in [-0.15, -0.1) is 0 Å². The number of anilines is 3. The fourth-order valence-electron chi connectivity index (χ4n) is 5.50. The summed E-state index contributed by atoms with van der Waals surface area (Å²) in [7, 11) is 0. The SMILES string of the molecule is CC(C)(C)OC(=O)N1Cc2ccc(N3C(=O)CC(=O)N(Cc4ccc(-c5ccccc5)cc4)c4ccccc43)cc2C1. The van der Waals surface area contributed by atoms with E-state index in [9.17, 15) is 14.4 Å². The van der Waals surface area contributed by atoms with Crippen molar-refractivity contribution in [2.45, 2.75) is 52.4 Å². The van der Waals surface area contributed by atoms with E-state index in [2.05, 4.69) is 24.3 Å². The Morgan fingerprint density at radius 1 is 0.738 bits per heavy atom. The zero-order valence-electron chi connectivity index (χ0n) is 24.0. The number of para-hydroxylation sites is 2. The minimum Gasteiger partial charge on any atom is -0.444 e. The molecular formula is C35H33N3O4. The highest BCUT2D eigenvalue weighted by Gasteiger charge is 2.34. The molecule has 7 nitrogen and oxygen atoms in total. The first-order valence-electron chi connectivity index (χ1n) is 14.1. The van der Waals surface area contributed by atoms with Gasteiger partial charge in [-0.3, -0.25) is 19.4 Å². The molecule has 0 bridgehead atoms. The zero-order valence-corrected chi connectivity index (χ0v) is 24.0. The van der Waals surface area contributed by atoms with Crippen molar-refractivity contribution in [2.75, 3.05) is 9.80 Å². The van der Waals surface area contributed by atoms with Crippen LogP contribution < -0.4 is 9.80 Å². The molecule has 0 atom stereocenters. The lowest BCUT2D eigenvalue weighted by Crippen LogP contribution is -2.33. The number of benzene rings is 4. The number of rotatable bonds is 4. The van der Waals surface area contributed by atoms with Crippen molar-refractivity contribution in [3.05, 3.63) is 114 Å². The Morgan fingerprint density at radius 2 is 1.38 bits per heavy atom. The quantitative estimate of drug-likeness (QED) is 0.248. The van der Waals surface area contributed by atoms with Crippen molar-refractivity contribution in [2.24, 2.45) is 0 Å². The summed E-state index contributed by atoms with van der Waals surface area (Å²) in [6, 6.07) is 31.6. The van der Waals surface area contributed by atoms with E-state index >= 15 is 0 Å². The number of carbonyl (C=O) groups excluding carboxylic acids is 3. The van der Waals surface area contributed by atoms with Crippen LogP contribution in [0.4, 0.5) is 21.9 Å². The first-order valence-corrected chi connectivity index (χ1v) is 14.1. The van der Waals surface area contributed by atoms with Gasteiger partial charge < -0.3 is 9.64 Å². The molecule has 2 aliphatic rings. The predicted molar refractivity (Wildman–Crippen MR) is 163 cm³/mol. The molecule has 2 aliphatic heterocycles. The second-order valence-corrected chi connectivity index (χ2v) is 11.7. The number of carbonyl (C=O) groups is 3. The number of hydrogen-bond donors (Lipinski definition) is 0. The van der Waals surface area contributed by atoms with Crippen molar-refractivity contribution >= 4 is 35.0 Å². The largest absolute Gasteiger partial charge is 0.444 e. The number of amides is 3. The van der Waals surface area contributed by atoms with Crippen LogP contribution in [-0.4, -0.2) is 28.4 Å². The number of ether oxygens (including phenoxy) is 1. The van der Waals surface area contributed by atoms with Gasteiger partial charge in [0.15, 0.2) is 0 Å². The normalized spacial score (nSPS) is 14.9. The molecule has 0 aliphatic carbocycles. The third kappa shape index (κ3) is 5.50. The summed E-state index contributed by atoms with van der Waals surface area (Å²) in [5.74, 6) is -0.546. The molecule has 42 heavy (non-hydrogen) atoms. The topological polar surface area (TPSA) is 70.2 Å². The number of nitrogens with zero attached hydrogens (tertiary/aromatic N) is 3. The summed E-state index contributed by atoms with van der Waals surface area (Å²) in [5.41, 5.74) is 6.58. The standard InChI is InChI=1S/C35H33N3O4/c1-35(2,3)42-34(41)36-22-27-17-18-29(19-28(27)23-36)38-31-12-8-7-11-30(31)37(32(39)20-33(38)40)21-24-13-15-26(16-14-24)25-9-5-4-6-10-25/h4-19H,20-23H2,1-3H3. The van der Waals surface area contributed by atoms with E-state index in [0.29, 0.717) is 36.7 Å². The minimum absolute atomic E-state index is 0.251. The maximum atomic E-state index is 13.6. The Morgan fingerprint density at radius 3 is 2.10 bits per heavy atom. The lowest BCUT2D eigenvalue weighted by atomic mass is 10.0. The lowest BCUT2D eigenvalue weighted by molar-refractivity contribution is -0.125. The van der Waals surface area contributed by atoms with Crippen molar-refractivity contribution in [3.63, 3.8) is 0 Å². The average Bonchev–Trinajstić information content (AvgIpc) is 3.36. The number of hydrogen-bond acceptors (Lipinski definition) is 4. The van der Waals surface area contributed by atoms with E-state index in [4.69, 9.17) is 4.74 Å². The fraction of sp³-hybridized carbons (Fsp3) is 0.229. The van der Waals surface area contributed by atoms with Crippen LogP contribution in [0.1, 0.15) is 43.9 Å². The average molecular weight is 560 g/mol. The minimum atomic E-state index is -0.582. The van der Waals surface area contributed by atoms with Crippen LogP contribution in [0.3, 0.4) is 0 Å². The van der Waals surface area contributed by atoms with Crippen molar-refractivity contribution in [3.8, 4) is 11.1 Å². The molecule has 0 saturated heterocycles. The summed E-state index contributed by atoms with van der Waals surface area (Å²) in [6.45, 7) is 6.73. The van der Waals surface area contributed by atoms with Gasteiger partial charge in [0.05, 0.1) is 17.9 Å². The van der Waals surface area contributed by atoms with Gasteiger partial charge in [0.25, 0.3) is 0 Å². The summed E-state index contributed by atoms with van der Waals surface area (Å²) >= 11 is 0. The van der Waals surface area contributed by atoms with Crippen LogP contribution in [0.2, 0.25) is 0 Å². The van der Waals surface area contributed by atoms with Crippen molar-refractivity contribution in [1.82, 2.24) is 4.90 Å². The van der Waals surface area contributed by atoms with Crippen LogP contribution in [0.5, 0.6) is 0 Å². The summed E-state index contributed by atoms with van der Waals surface area (Å²) in [4.78, 5) is 44.8. The molecule has 0 unspecified atom stereocenters. The van der Waals surface area contributed by atoms with Gasteiger partial charge in [0.2, 0.25) is 11.8 Å². The summed E-state index contributed by atoms with van der Waals surface area (Å²) < 4.78 is 5.56. The Labute approximate surface area is 245 Å². The maximum Gasteiger partial charge on any atom is 0.410 e. The first kappa shape index (κ1) is 27.3. The predicted octanol–water partition coefficient (Wildman–Crippen LogP) is 7.21. The van der Waals surface area contributed by atoms with Gasteiger partial charge in [-0.2, -0.15) is 0 Å². The highest BCUT2D eigenvalue weighted by atomic mass is 16.6. The van der Waals surface area contributed by atoms with Crippen LogP contribution >= 0.6 is 0 Å². The van der Waals surface area contributed by atoms with Crippen LogP contribution in [-0.2, 0) is 34.0 Å². The summed E-state index contributed by atoms with van der Waals surface area (Å²) in [5, 5.41) is 0. The molecule has 3 amide bonds. The molecule has 0 fully saturated rings. The second kappa shape index (κ2) is 10.8. The molecule has 4 aromatic carbocycles. The Hall–Kier alpha value is -4.91. The molecule has 0 N–H and O–H groups in total. The third-order valence-corrected chi connectivity index (χ3v) is 7.49. The van der Waals surface area contributed by atoms with E-state index < -0.39 is 5.60 Å². The molecule has 4 aromatic rings. The molecule has 0 saturated carbocycles. The molecule has 7 heteroatoms. The Kier molecular flexibility index (Phi) is 7.02. The number of fused-ring (bicyclic) bond motifs is 2. The zero-order chi connectivity index (χ0) is 29.4. The van der Waals surface area contributed by atoms with Crippen molar-refractivity contribution < 1.29 is 19.1 Å².